The van der Waals surface area contributed by atoms with Crippen molar-refractivity contribution in [3.8, 4) is 22.3 Å². The second-order valence-electron chi connectivity index (χ2n) is 5.84. The number of rotatable bonds is 4. The second kappa shape index (κ2) is 6.62. The van der Waals surface area contributed by atoms with Gasteiger partial charge in [0.15, 0.2) is 0 Å². The molecule has 3 aromatic rings. The summed E-state index contributed by atoms with van der Waals surface area (Å²) in [7, 11) is 0. The molecule has 0 bridgehead atoms. The molecule has 22 heavy (non-hydrogen) atoms. The molecule has 0 spiro atoms. The van der Waals surface area contributed by atoms with E-state index < -0.39 is 0 Å². The quantitative estimate of drug-likeness (QED) is 0.511. The number of hydrogen-bond donors (Lipinski definition) is 0. The minimum Gasteiger partial charge on any atom is -0.0648 e. The molecule has 110 valence electrons. The largest absolute Gasteiger partial charge is 0.0648 e. The molecule has 0 saturated heterocycles. The van der Waals surface area contributed by atoms with Crippen molar-refractivity contribution < 1.29 is 0 Å². The highest BCUT2D eigenvalue weighted by atomic mass is 14.1. The average molecular weight is 286 g/mol. The molecule has 0 fully saturated rings. The Bertz CT molecular complexity index is 724. The highest BCUT2D eigenvalue weighted by Crippen LogP contribution is 2.32. The molecule has 1 atom stereocenters. The maximum atomic E-state index is 2.30. The van der Waals surface area contributed by atoms with Crippen LogP contribution in [0, 0.1) is 0 Å². The van der Waals surface area contributed by atoms with Crippen molar-refractivity contribution in [1.29, 1.82) is 0 Å². The van der Waals surface area contributed by atoms with Gasteiger partial charge in [-0.1, -0.05) is 92.7 Å². The Hall–Kier alpha value is -2.34. The second-order valence-corrected chi connectivity index (χ2v) is 5.84. The summed E-state index contributed by atoms with van der Waals surface area (Å²) in [5, 5.41) is 0. The van der Waals surface area contributed by atoms with E-state index in [1.165, 1.54) is 34.2 Å². The first-order chi connectivity index (χ1) is 10.8. The first-order valence-electron chi connectivity index (χ1n) is 8.04. The lowest BCUT2D eigenvalue weighted by Crippen LogP contribution is -1.94. The van der Waals surface area contributed by atoms with E-state index in [4.69, 9.17) is 0 Å². The molecule has 1 unspecified atom stereocenters. The van der Waals surface area contributed by atoms with Crippen molar-refractivity contribution in [3.05, 3.63) is 84.4 Å². The minimum atomic E-state index is 0.588. The van der Waals surface area contributed by atoms with Crippen LogP contribution in [0.1, 0.15) is 31.7 Å². The Morgan fingerprint density at radius 1 is 0.636 bits per heavy atom. The molecule has 0 aliphatic rings. The molecule has 3 rings (SSSR count). The van der Waals surface area contributed by atoms with Crippen molar-refractivity contribution in [1.82, 2.24) is 0 Å². The van der Waals surface area contributed by atoms with Crippen LogP contribution in [-0.4, -0.2) is 0 Å². The molecule has 0 heterocycles. The number of hydrogen-bond acceptors (Lipinski definition) is 0. The number of benzene rings is 3. The molecule has 0 nitrogen and oxygen atoms in total. The van der Waals surface area contributed by atoms with E-state index in [0.29, 0.717) is 5.92 Å². The van der Waals surface area contributed by atoms with Gasteiger partial charge in [0.2, 0.25) is 0 Å². The van der Waals surface area contributed by atoms with Gasteiger partial charge in [0.25, 0.3) is 0 Å². The van der Waals surface area contributed by atoms with E-state index in [1.54, 1.807) is 0 Å². The van der Waals surface area contributed by atoms with Gasteiger partial charge in [-0.05, 0) is 40.2 Å². The van der Waals surface area contributed by atoms with Crippen molar-refractivity contribution in [2.24, 2.45) is 0 Å². The Morgan fingerprint density at radius 2 is 1.18 bits per heavy atom. The van der Waals surface area contributed by atoms with Gasteiger partial charge in [-0.2, -0.15) is 0 Å². The third kappa shape index (κ3) is 2.96. The monoisotopic (exact) mass is 286 g/mol. The summed E-state index contributed by atoms with van der Waals surface area (Å²) in [5.41, 5.74) is 6.64. The summed E-state index contributed by atoms with van der Waals surface area (Å²) < 4.78 is 0. The van der Waals surface area contributed by atoms with Gasteiger partial charge in [0, 0.05) is 0 Å². The molecular weight excluding hydrogens is 264 g/mol. The molecule has 0 aliphatic heterocycles. The summed E-state index contributed by atoms with van der Waals surface area (Å²) in [6, 6.07) is 28.2. The van der Waals surface area contributed by atoms with E-state index in [-0.39, 0.29) is 0 Å². The summed E-state index contributed by atoms with van der Waals surface area (Å²) in [6.07, 6.45) is 1.17. The standard InChI is InChI=1S/C22H22/c1-3-17(2)21-11-7-8-12-22(21)20-15-13-19(14-16-20)18-9-5-4-6-10-18/h4-17H,3H2,1-2H3. The van der Waals surface area contributed by atoms with Crippen LogP contribution in [0.2, 0.25) is 0 Å². The summed E-state index contributed by atoms with van der Waals surface area (Å²) >= 11 is 0. The van der Waals surface area contributed by atoms with Gasteiger partial charge < -0.3 is 0 Å². The fourth-order valence-corrected chi connectivity index (χ4v) is 2.88. The molecule has 0 saturated carbocycles. The van der Waals surface area contributed by atoms with Crippen molar-refractivity contribution in [3.63, 3.8) is 0 Å². The van der Waals surface area contributed by atoms with Crippen molar-refractivity contribution >= 4 is 0 Å². The smallest absolute Gasteiger partial charge is 0.0149 e. The third-order valence-electron chi connectivity index (χ3n) is 4.41. The van der Waals surface area contributed by atoms with Crippen LogP contribution >= 0.6 is 0 Å². The Labute approximate surface area is 133 Å². The predicted molar refractivity (Wildman–Crippen MR) is 96.0 cm³/mol. The van der Waals surface area contributed by atoms with Gasteiger partial charge in [0.05, 0.1) is 0 Å². The maximum Gasteiger partial charge on any atom is -0.0149 e. The molecule has 3 aromatic carbocycles. The van der Waals surface area contributed by atoms with Crippen molar-refractivity contribution in [2.45, 2.75) is 26.2 Å². The fourth-order valence-electron chi connectivity index (χ4n) is 2.88. The van der Waals surface area contributed by atoms with Gasteiger partial charge >= 0.3 is 0 Å². The maximum absolute atomic E-state index is 2.30. The molecule has 0 radical (unpaired) electrons. The lowest BCUT2D eigenvalue weighted by Gasteiger charge is -2.15. The van der Waals surface area contributed by atoms with Gasteiger partial charge in [-0.3, -0.25) is 0 Å². The highest BCUT2D eigenvalue weighted by molar-refractivity contribution is 5.72. The summed E-state index contributed by atoms with van der Waals surface area (Å²) in [4.78, 5) is 0. The zero-order valence-corrected chi connectivity index (χ0v) is 13.3. The van der Waals surface area contributed by atoms with Crippen LogP contribution in [0.15, 0.2) is 78.9 Å². The summed E-state index contributed by atoms with van der Waals surface area (Å²) in [6.45, 7) is 4.55. The SMILES string of the molecule is CCC(C)c1ccccc1-c1ccc(-c2ccccc2)cc1. The predicted octanol–water partition coefficient (Wildman–Crippen LogP) is 6.53. The highest BCUT2D eigenvalue weighted by Gasteiger charge is 2.10. The van der Waals surface area contributed by atoms with E-state index in [0.717, 1.165) is 0 Å². The average Bonchev–Trinajstić information content (AvgIpc) is 2.62. The van der Waals surface area contributed by atoms with Gasteiger partial charge in [0.1, 0.15) is 0 Å². The first-order valence-corrected chi connectivity index (χ1v) is 8.04. The van der Waals surface area contributed by atoms with Crippen LogP contribution in [-0.2, 0) is 0 Å². The zero-order valence-electron chi connectivity index (χ0n) is 13.3. The van der Waals surface area contributed by atoms with E-state index >= 15 is 0 Å². The Kier molecular flexibility index (Phi) is 4.39. The minimum absolute atomic E-state index is 0.588. The van der Waals surface area contributed by atoms with Crippen LogP contribution in [0.25, 0.3) is 22.3 Å². The Balaban J connectivity index is 1.97. The fraction of sp³-hybridized carbons (Fsp3) is 0.182. The van der Waals surface area contributed by atoms with Crippen LogP contribution in [0.3, 0.4) is 0 Å². The van der Waals surface area contributed by atoms with Gasteiger partial charge in [-0.15, -0.1) is 0 Å². The third-order valence-corrected chi connectivity index (χ3v) is 4.41. The lowest BCUT2D eigenvalue weighted by atomic mass is 9.89. The van der Waals surface area contributed by atoms with E-state index in [1.807, 2.05) is 0 Å². The zero-order chi connectivity index (χ0) is 15.4. The van der Waals surface area contributed by atoms with Crippen LogP contribution in [0.5, 0.6) is 0 Å². The molecule has 0 aliphatic carbocycles. The first kappa shape index (κ1) is 14.6. The Morgan fingerprint density at radius 3 is 1.86 bits per heavy atom. The molecular formula is C22H22. The van der Waals surface area contributed by atoms with Crippen LogP contribution in [0.4, 0.5) is 0 Å². The molecule has 0 amide bonds. The summed E-state index contributed by atoms with van der Waals surface area (Å²) in [5.74, 6) is 0.588. The van der Waals surface area contributed by atoms with E-state index in [2.05, 4.69) is 92.7 Å². The normalized spacial score (nSPS) is 12.1. The molecule has 0 heteroatoms. The van der Waals surface area contributed by atoms with Gasteiger partial charge in [-0.25, -0.2) is 0 Å². The molecule has 0 aromatic heterocycles. The van der Waals surface area contributed by atoms with Crippen molar-refractivity contribution in [2.75, 3.05) is 0 Å². The van der Waals surface area contributed by atoms with E-state index in [9.17, 15) is 0 Å². The van der Waals surface area contributed by atoms with Crippen LogP contribution < -0.4 is 0 Å². The molecule has 0 N–H and O–H groups in total. The topological polar surface area (TPSA) is 0 Å². The lowest BCUT2D eigenvalue weighted by molar-refractivity contribution is 0.735.